The summed E-state index contributed by atoms with van der Waals surface area (Å²) in [5.74, 6) is -0.231. The van der Waals surface area contributed by atoms with Gasteiger partial charge in [-0.25, -0.2) is 13.8 Å². The largest absolute Gasteiger partial charge is 0.496 e. The molecule has 2 rings (SSSR count). The first kappa shape index (κ1) is 12.2. The van der Waals surface area contributed by atoms with Crippen LogP contribution in [0.4, 0.5) is 9.18 Å². The van der Waals surface area contributed by atoms with Gasteiger partial charge >= 0.3 is 6.09 Å². The zero-order valence-electron chi connectivity index (χ0n) is 9.81. The number of nitrogens with zero attached hydrogens (tertiary/aromatic N) is 1. The van der Waals surface area contributed by atoms with E-state index in [4.69, 9.17) is 9.84 Å². The van der Waals surface area contributed by atoms with Crippen LogP contribution in [-0.2, 0) is 6.42 Å². The minimum atomic E-state index is -1.22. The number of carbonyl (C=O) groups is 1. The molecular weight excluding hydrogens is 237 g/mol. The summed E-state index contributed by atoms with van der Waals surface area (Å²) in [4.78, 5) is 11.0. The third-order valence-electron chi connectivity index (χ3n) is 2.77. The molecule has 1 aromatic carbocycles. The lowest BCUT2D eigenvalue weighted by molar-refractivity contribution is 0.197. The molecule has 0 aliphatic heterocycles. The second kappa shape index (κ2) is 4.52. The monoisotopic (exact) mass is 249 g/mol. The summed E-state index contributed by atoms with van der Waals surface area (Å²) in [6.45, 7) is 3.63. The molecule has 18 heavy (non-hydrogen) atoms. The van der Waals surface area contributed by atoms with Gasteiger partial charge in [-0.2, -0.15) is 0 Å². The summed E-state index contributed by atoms with van der Waals surface area (Å²) in [6.07, 6.45) is 2.23. The molecule has 0 aliphatic carbocycles. The standard InChI is InChI=1S/C13H12FNO3/c1-3-4-8-9-5-6-15(13(16)17)12(9)10(14)7-11(8)18-2/h3,5-7H,1,4H2,2H3,(H,16,17). The van der Waals surface area contributed by atoms with Crippen molar-refractivity contribution >= 4 is 17.0 Å². The molecule has 1 aromatic heterocycles. The Balaban J connectivity index is 2.84. The van der Waals surface area contributed by atoms with E-state index in [1.165, 1.54) is 19.4 Å². The van der Waals surface area contributed by atoms with Crippen molar-refractivity contribution in [3.63, 3.8) is 0 Å². The third kappa shape index (κ3) is 1.73. The van der Waals surface area contributed by atoms with Gasteiger partial charge in [0, 0.05) is 23.2 Å². The second-order valence-corrected chi connectivity index (χ2v) is 3.76. The van der Waals surface area contributed by atoms with E-state index < -0.39 is 11.9 Å². The molecule has 0 atom stereocenters. The molecule has 0 saturated carbocycles. The number of fused-ring (bicyclic) bond motifs is 1. The molecular formula is C13H12FNO3. The maximum absolute atomic E-state index is 13.9. The molecule has 2 aromatic rings. The zero-order chi connectivity index (χ0) is 13.3. The van der Waals surface area contributed by atoms with E-state index in [0.29, 0.717) is 17.6 Å². The number of rotatable bonds is 3. The van der Waals surface area contributed by atoms with Gasteiger partial charge in [-0.3, -0.25) is 0 Å². The fourth-order valence-corrected chi connectivity index (χ4v) is 2.02. The smallest absolute Gasteiger partial charge is 0.416 e. The summed E-state index contributed by atoms with van der Waals surface area (Å²) in [5.41, 5.74) is 0.768. The molecule has 0 bridgehead atoms. The Morgan fingerprint density at radius 1 is 1.67 bits per heavy atom. The van der Waals surface area contributed by atoms with E-state index in [0.717, 1.165) is 10.1 Å². The topological polar surface area (TPSA) is 51.5 Å². The van der Waals surface area contributed by atoms with Gasteiger partial charge in [-0.1, -0.05) is 6.08 Å². The van der Waals surface area contributed by atoms with E-state index in [1.54, 1.807) is 12.1 Å². The lowest BCUT2D eigenvalue weighted by Gasteiger charge is -2.10. The highest BCUT2D eigenvalue weighted by molar-refractivity contribution is 5.92. The van der Waals surface area contributed by atoms with Gasteiger partial charge in [0.05, 0.1) is 12.6 Å². The van der Waals surface area contributed by atoms with Crippen LogP contribution >= 0.6 is 0 Å². The molecule has 0 unspecified atom stereocenters. The van der Waals surface area contributed by atoms with Crippen molar-refractivity contribution in [3.05, 3.63) is 42.4 Å². The van der Waals surface area contributed by atoms with E-state index in [1.807, 2.05) is 0 Å². The summed E-state index contributed by atoms with van der Waals surface area (Å²) in [6, 6.07) is 2.76. The SMILES string of the molecule is C=CCc1c(OC)cc(F)c2c1ccn2C(=O)O. The van der Waals surface area contributed by atoms with Crippen LogP contribution in [0.1, 0.15) is 5.56 Å². The van der Waals surface area contributed by atoms with Gasteiger partial charge in [-0.05, 0) is 12.5 Å². The van der Waals surface area contributed by atoms with Crippen molar-refractivity contribution < 1.29 is 19.0 Å². The molecule has 1 heterocycles. The molecule has 0 fully saturated rings. The van der Waals surface area contributed by atoms with Gasteiger partial charge in [-0.15, -0.1) is 6.58 Å². The number of allylic oxidation sites excluding steroid dienone is 1. The van der Waals surface area contributed by atoms with Crippen LogP contribution in [0.3, 0.4) is 0 Å². The highest BCUT2D eigenvalue weighted by Crippen LogP contribution is 2.31. The Labute approximate surface area is 103 Å². The van der Waals surface area contributed by atoms with E-state index in [-0.39, 0.29) is 5.52 Å². The van der Waals surface area contributed by atoms with Crippen molar-refractivity contribution in [1.82, 2.24) is 4.57 Å². The summed E-state index contributed by atoms with van der Waals surface area (Å²) < 4.78 is 19.9. The summed E-state index contributed by atoms with van der Waals surface area (Å²) in [5, 5.41) is 9.51. The van der Waals surface area contributed by atoms with E-state index >= 15 is 0 Å². The number of methoxy groups -OCH3 is 1. The lowest BCUT2D eigenvalue weighted by Crippen LogP contribution is -2.07. The number of carboxylic acid groups (broad SMARTS) is 1. The second-order valence-electron chi connectivity index (χ2n) is 3.76. The van der Waals surface area contributed by atoms with E-state index in [9.17, 15) is 9.18 Å². The fraction of sp³-hybridized carbons (Fsp3) is 0.154. The normalized spacial score (nSPS) is 10.6. The van der Waals surface area contributed by atoms with Gasteiger partial charge in [0.25, 0.3) is 0 Å². The quantitative estimate of drug-likeness (QED) is 0.850. The Kier molecular flexibility index (Phi) is 3.06. The minimum Gasteiger partial charge on any atom is -0.496 e. The number of hydrogen-bond donors (Lipinski definition) is 1. The van der Waals surface area contributed by atoms with E-state index in [2.05, 4.69) is 6.58 Å². The van der Waals surface area contributed by atoms with Crippen molar-refractivity contribution in [3.8, 4) is 5.75 Å². The van der Waals surface area contributed by atoms with Crippen LogP contribution in [0.2, 0.25) is 0 Å². The highest BCUT2D eigenvalue weighted by Gasteiger charge is 2.17. The number of benzene rings is 1. The Bertz CT molecular complexity index is 631. The van der Waals surface area contributed by atoms with Crippen molar-refractivity contribution in [2.75, 3.05) is 7.11 Å². The average Bonchev–Trinajstić information content (AvgIpc) is 2.77. The molecule has 4 nitrogen and oxygen atoms in total. The van der Waals surface area contributed by atoms with Gasteiger partial charge in [0.1, 0.15) is 5.75 Å². The number of aromatic nitrogens is 1. The summed E-state index contributed by atoms with van der Waals surface area (Å²) in [7, 11) is 1.45. The highest BCUT2D eigenvalue weighted by atomic mass is 19.1. The molecule has 0 amide bonds. The molecule has 94 valence electrons. The van der Waals surface area contributed by atoms with Crippen LogP contribution in [0.5, 0.6) is 5.75 Å². The predicted octanol–water partition coefficient (Wildman–Crippen LogP) is 3.04. The Hall–Kier alpha value is -2.30. The fourth-order valence-electron chi connectivity index (χ4n) is 2.02. The average molecular weight is 249 g/mol. The minimum absolute atomic E-state index is 0.0418. The number of halogens is 1. The first-order valence-electron chi connectivity index (χ1n) is 5.30. The molecule has 5 heteroatoms. The molecule has 0 saturated heterocycles. The van der Waals surface area contributed by atoms with Crippen LogP contribution in [0.15, 0.2) is 31.0 Å². The van der Waals surface area contributed by atoms with Crippen LogP contribution in [0.25, 0.3) is 10.9 Å². The maximum atomic E-state index is 13.9. The molecule has 0 spiro atoms. The van der Waals surface area contributed by atoms with Gasteiger partial charge in [0.2, 0.25) is 0 Å². The Morgan fingerprint density at radius 3 is 2.94 bits per heavy atom. The van der Waals surface area contributed by atoms with Gasteiger partial charge in [0.15, 0.2) is 5.82 Å². The van der Waals surface area contributed by atoms with Crippen molar-refractivity contribution in [2.24, 2.45) is 0 Å². The third-order valence-corrected chi connectivity index (χ3v) is 2.77. The van der Waals surface area contributed by atoms with Crippen molar-refractivity contribution in [2.45, 2.75) is 6.42 Å². The predicted molar refractivity (Wildman–Crippen MR) is 65.8 cm³/mol. The number of ether oxygens (including phenoxy) is 1. The first-order valence-corrected chi connectivity index (χ1v) is 5.30. The number of hydrogen-bond acceptors (Lipinski definition) is 2. The van der Waals surface area contributed by atoms with Crippen LogP contribution < -0.4 is 4.74 Å². The molecule has 0 radical (unpaired) electrons. The van der Waals surface area contributed by atoms with Crippen LogP contribution in [-0.4, -0.2) is 22.9 Å². The maximum Gasteiger partial charge on any atom is 0.416 e. The summed E-state index contributed by atoms with van der Waals surface area (Å²) >= 11 is 0. The van der Waals surface area contributed by atoms with Crippen molar-refractivity contribution in [1.29, 1.82) is 0 Å². The van der Waals surface area contributed by atoms with Crippen LogP contribution in [0, 0.1) is 5.82 Å². The molecule has 1 N–H and O–H groups in total. The van der Waals surface area contributed by atoms with Gasteiger partial charge < -0.3 is 9.84 Å². The lowest BCUT2D eigenvalue weighted by atomic mass is 10.1. The first-order chi connectivity index (χ1) is 8.60. The molecule has 0 aliphatic rings. The zero-order valence-corrected chi connectivity index (χ0v) is 9.81. The Morgan fingerprint density at radius 2 is 2.39 bits per heavy atom.